The molecule has 0 spiro atoms. The van der Waals surface area contributed by atoms with Gasteiger partial charge in [0.25, 0.3) is 17.5 Å². The van der Waals surface area contributed by atoms with Crippen molar-refractivity contribution in [1.82, 2.24) is 9.80 Å². The molecule has 0 aromatic heterocycles. The van der Waals surface area contributed by atoms with Gasteiger partial charge >= 0.3 is 0 Å². The zero-order valence-corrected chi connectivity index (χ0v) is 16.7. The predicted octanol–water partition coefficient (Wildman–Crippen LogP) is 0.617. The van der Waals surface area contributed by atoms with Crippen molar-refractivity contribution in [2.75, 3.05) is 65.0 Å². The normalized spacial score (nSPS) is 16.6. The lowest BCUT2D eigenvalue weighted by Crippen LogP contribution is -2.47. The van der Waals surface area contributed by atoms with Gasteiger partial charge in [-0.3, -0.25) is 19.7 Å². The predicted molar refractivity (Wildman–Crippen MR) is 106 cm³/mol. The zero-order chi connectivity index (χ0) is 21.5. The van der Waals surface area contributed by atoms with Crippen LogP contribution in [-0.4, -0.2) is 86.3 Å². The van der Waals surface area contributed by atoms with Crippen molar-refractivity contribution in [2.24, 2.45) is 0 Å². The number of anilines is 1. The van der Waals surface area contributed by atoms with Gasteiger partial charge in [-0.15, -0.1) is 0 Å². The molecule has 2 amide bonds. The van der Waals surface area contributed by atoms with E-state index in [4.69, 9.17) is 14.2 Å². The standard InChI is InChI=1S/C19H24N4O7/c1-28-14-2-3-16(17(12-14)23(26)27)20-13-15(18(24)21-4-8-29-9-5-21)19(25)22-6-10-30-11-7-22/h2-3,12-13,20H,4-11H2,1H3. The highest BCUT2D eigenvalue weighted by Gasteiger charge is 2.30. The quantitative estimate of drug-likeness (QED) is 0.234. The van der Waals surface area contributed by atoms with Gasteiger partial charge in [-0.25, -0.2) is 0 Å². The van der Waals surface area contributed by atoms with Crippen LogP contribution in [0.15, 0.2) is 30.0 Å². The number of carbonyl (C=O) groups is 2. The summed E-state index contributed by atoms with van der Waals surface area (Å²) >= 11 is 0. The summed E-state index contributed by atoms with van der Waals surface area (Å²) < 4.78 is 15.6. The lowest BCUT2D eigenvalue weighted by atomic mass is 10.1. The van der Waals surface area contributed by atoms with Crippen LogP contribution in [0, 0.1) is 10.1 Å². The topological polar surface area (TPSA) is 123 Å². The summed E-state index contributed by atoms with van der Waals surface area (Å²) in [5.41, 5.74) is -0.186. The summed E-state index contributed by atoms with van der Waals surface area (Å²) in [7, 11) is 1.41. The van der Waals surface area contributed by atoms with Crippen molar-refractivity contribution in [3.63, 3.8) is 0 Å². The second-order valence-corrected chi connectivity index (χ2v) is 6.65. The van der Waals surface area contributed by atoms with Crippen LogP contribution in [-0.2, 0) is 19.1 Å². The molecule has 1 aromatic rings. The largest absolute Gasteiger partial charge is 0.496 e. The zero-order valence-electron chi connectivity index (χ0n) is 16.7. The SMILES string of the molecule is COc1ccc(NC=C(C(=O)N2CCOCC2)C(=O)N2CCOCC2)c([N+](=O)[O-])c1. The number of benzene rings is 1. The molecular formula is C19H24N4O7. The molecule has 2 aliphatic heterocycles. The van der Waals surface area contributed by atoms with Crippen molar-refractivity contribution in [2.45, 2.75) is 0 Å². The molecule has 30 heavy (non-hydrogen) atoms. The van der Waals surface area contributed by atoms with E-state index in [2.05, 4.69) is 5.32 Å². The first-order valence-electron chi connectivity index (χ1n) is 9.54. The first-order valence-corrected chi connectivity index (χ1v) is 9.54. The van der Waals surface area contributed by atoms with Crippen LogP contribution >= 0.6 is 0 Å². The Labute approximate surface area is 173 Å². The number of methoxy groups -OCH3 is 1. The Bertz CT molecular complexity index is 798. The van der Waals surface area contributed by atoms with Gasteiger partial charge < -0.3 is 29.3 Å². The smallest absolute Gasteiger partial charge is 0.296 e. The summed E-state index contributed by atoms with van der Waals surface area (Å²) in [5.74, 6) is -0.567. The van der Waals surface area contributed by atoms with Gasteiger partial charge in [-0.2, -0.15) is 0 Å². The van der Waals surface area contributed by atoms with Crippen LogP contribution in [0.2, 0.25) is 0 Å². The molecule has 2 fully saturated rings. The molecule has 3 rings (SSSR count). The average molecular weight is 420 g/mol. The Balaban J connectivity index is 1.89. The third-order valence-electron chi connectivity index (χ3n) is 4.83. The third kappa shape index (κ3) is 5.05. The van der Waals surface area contributed by atoms with Crippen LogP contribution in [0.1, 0.15) is 0 Å². The third-order valence-corrected chi connectivity index (χ3v) is 4.83. The lowest BCUT2D eigenvalue weighted by molar-refractivity contribution is -0.384. The number of nitrogens with zero attached hydrogens (tertiary/aromatic N) is 3. The van der Waals surface area contributed by atoms with Crippen LogP contribution in [0.5, 0.6) is 5.75 Å². The summed E-state index contributed by atoms with van der Waals surface area (Å²) in [4.78, 5) is 40.0. The average Bonchev–Trinajstić information content (AvgIpc) is 2.80. The Morgan fingerprint density at radius 1 is 1.07 bits per heavy atom. The minimum absolute atomic E-state index is 0.0936. The molecular weight excluding hydrogens is 396 g/mol. The number of ether oxygens (including phenoxy) is 3. The summed E-state index contributed by atoms with van der Waals surface area (Å²) in [6, 6.07) is 4.28. The van der Waals surface area contributed by atoms with Crippen molar-refractivity contribution >= 4 is 23.2 Å². The molecule has 1 N–H and O–H groups in total. The number of hydrogen-bond acceptors (Lipinski definition) is 8. The molecule has 2 aliphatic rings. The van der Waals surface area contributed by atoms with Gasteiger partial charge in [0.1, 0.15) is 17.0 Å². The number of amides is 2. The number of nitrogens with one attached hydrogen (secondary N) is 1. The summed E-state index contributed by atoms with van der Waals surface area (Å²) in [5, 5.41) is 14.2. The molecule has 2 saturated heterocycles. The molecule has 1 aromatic carbocycles. The molecule has 0 saturated carbocycles. The fourth-order valence-electron chi connectivity index (χ4n) is 3.15. The molecule has 0 unspecified atom stereocenters. The van der Waals surface area contributed by atoms with Gasteiger partial charge in [0, 0.05) is 32.4 Å². The van der Waals surface area contributed by atoms with Gasteiger partial charge in [-0.05, 0) is 12.1 Å². The van der Waals surface area contributed by atoms with E-state index in [9.17, 15) is 19.7 Å². The van der Waals surface area contributed by atoms with E-state index in [-0.39, 0.29) is 16.9 Å². The van der Waals surface area contributed by atoms with E-state index >= 15 is 0 Å². The Morgan fingerprint density at radius 3 is 2.07 bits per heavy atom. The Hall–Kier alpha value is -3.18. The van der Waals surface area contributed by atoms with Gasteiger partial charge in [0.2, 0.25) is 0 Å². The minimum atomic E-state index is -0.564. The van der Waals surface area contributed by atoms with E-state index in [1.165, 1.54) is 35.2 Å². The van der Waals surface area contributed by atoms with Crippen LogP contribution in [0.25, 0.3) is 0 Å². The maximum Gasteiger partial charge on any atom is 0.296 e. The molecule has 0 bridgehead atoms. The van der Waals surface area contributed by atoms with Crippen molar-refractivity contribution in [3.8, 4) is 5.75 Å². The fraction of sp³-hybridized carbons (Fsp3) is 0.474. The maximum atomic E-state index is 13.1. The molecule has 2 heterocycles. The second kappa shape index (κ2) is 10.0. The number of nitro groups is 1. The fourth-order valence-corrected chi connectivity index (χ4v) is 3.15. The Morgan fingerprint density at radius 2 is 1.60 bits per heavy atom. The highest BCUT2D eigenvalue weighted by atomic mass is 16.6. The van der Waals surface area contributed by atoms with E-state index in [0.29, 0.717) is 58.4 Å². The second-order valence-electron chi connectivity index (χ2n) is 6.65. The van der Waals surface area contributed by atoms with E-state index in [1.54, 1.807) is 6.07 Å². The van der Waals surface area contributed by atoms with Crippen molar-refractivity contribution in [1.29, 1.82) is 0 Å². The van der Waals surface area contributed by atoms with Crippen LogP contribution in [0.4, 0.5) is 11.4 Å². The van der Waals surface area contributed by atoms with E-state index in [1.807, 2.05) is 0 Å². The first kappa shape index (κ1) is 21.5. The number of hydrogen-bond donors (Lipinski definition) is 1. The number of nitro benzene ring substituents is 1. The molecule has 162 valence electrons. The van der Waals surface area contributed by atoms with Gasteiger partial charge in [0.05, 0.1) is 44.5 Å². The number of morpholine rings is 2. The number of carbonyl (C=O) groups excluding carboxylic acids is 2. The highest BCUT2D eigenvalue weighted by molar-refractivity contribution is 6.18. The van der Waals surface area contributed by atoms with Gasteiger partial charge in [0.15, 0.2) is 0 Å². The molecule has 0 aliphatic carbocycles. The molecule has 0 atom stereocenters. The monoisotopic (exact) mass is 420 g/mol. The Kier molecular flexibility index (Phi) is 7.20. The van der Waals surface area contributed by atoms with Crippen molar-refractivity contribution in [3.05, 3.63) is 40.1 Å². The van der Waals surface area contributed by atoms with Crippen LogP contribution < -0.4 is 10.1 Å². The maximum absolute atomic E-state index is 13.1. The summed E-state index contributed by atoms with van der Waals surface area (Å²) in [6.45, 7) is 3.05. The minimum Gasteiger partial charge on any atom is -0.496 e. The highest BCUT2D eigenvalue weighted by Crippen LogP contribution is 2.29. The number of rotatable bonds is 6. The summed E-state index contributed by atoms with van der Waals surface area (Å²) in [6.07, 6.45) is 1.24. The first-order chi connectivity index (χ1) is 14.5. The molecule has 11 heteroatoms. The van der Waals surface area contributed by atoms with Gasteiger partial charge in [-0.1, -0.05) is 0 Å². The van der Waals surface area contributed by atoms with Crippen LogP contribution in [0.3, 0.4) is 0 Å². The van der Waals surface area contributed by atoms with E-state index < -0.39 is 16.7 Å². The van der Waals surface area contributed by atoms with Crippen molar-refractivity contribution < 1.29 is 28.7 Å². The van der Waals surface area contributed by atoms with E-state index in [0.717, 1.165) is 0 Å². The molecule has 11 nitrogen and oxygen atoms in total. The molecule has 0 radical (unpaired) electrons. The lowest BCUT2D eigenvalue weighted by Gasteiger charge is -2.31.